The van der Waals surface area contributed by atoms with E-state index in [4.69, 9.17) is 11.6 Å². The Hall–Kier alpha value is -0.910. The van der Waals surface area contributed by atoms with Crippen molar-refractivity contribution in [3.63, 3.8) is 0 Å². The van der Waals surface area contributed by atoms with Crippen molar-refractivity contribution in [1.29, 1.82) is 0 Å². The van der Waals surface area contributed by atoms with Gasteiger partial charge in [-0.25, -0.2) is 9.37 Å². The quantitative estimate of drug-likeness (QED) is 0.896. The van der Waals surface area contributed by atoms with Gasteiger partial charge in [-0.3, -0.25) is 0 Å². The van der Waals surface area contributed by atoms with E-state index >= 15 is 0 Å². The number of anilines is 1. The molecule has 1 spiro atoms. The Morgan fingerprint density at radius 1 is 1.50 bits per heavy atom. The van der Waals surface area contributed by atoms with Gasteiger partial charge in [0.25, 0.3) is 0 Å². The van der Waals surface area contributed by atoms with E-state index in [-0.39, 0.29) is 22.3 Å². The Bertz CT molecular complexity index is 566. The van der Waals surface area contributed by atoms with Gasteiger partial charge in [0.05, 0.1) is 17.2 Å². The fraction of sp³-hybridized carbons (Fsp3) is 0.688. The van der Waals surface area contributed by atoms with Crippen LogP contribution in [0.3, 0.4) is 0 Å². The zero-order chi connectivity index (χ0) is 16.1. The van der Waals surface area contributed by atoms with Gasteiger partial charge in [-0.15, -0.1) is 0 Å². The SMILES string of the molecule is CC(C)C1N(C)CC12C[C@@H](O)[C@H](Nc1ncc(Cl)cc1F)C2. The van der Waals surface area contributed by atoms with Crippen molar-refractivity contribution in [3.05, 3.63) is 23.1 Å². The summed E-state index contributed by atoms with van der Waals surface area (Å²) in [6, 6.07) is 1.54. The van der Waals surface area contributed by atoms with Crippen molar-refractivity contribution in [2.75, 3.05) is 18.9 Å². The molecule has 1 aromatic heterocycles. The van der Waals surface area contributed by atoms with Gasteiger partial charge in [0.15, 0.2) is 11.6 Å². The molecule has 0 aromatic carbocycles. The minimum absolute atomic E-state index is 0.128. The molecule has 1 aliphatic carbocycles. The molecule has 2 fully saturated rings. The van der Waals surface area contributed by atoms with Crippen LogP contribution in [0.25, 0.3) is 0 Å². The normalized spacial score (nSPS) is 35.1. The van der Waals surface area contributed by atoms with E-state index in [9.17, 15) is 9.50 Å². The zero-order valence-electron chi connectivity index (χ0n) is 13.2. The first-order valence-corrected chi connectivity index (χ1v) is 8.16. The van der Waals surface area contributed by atoms with Crippen molar-refractivity contribution in [3.8, 4) is 0 Å². The Balaban J connectivity index is 1.74. The highest BCUT2D eigenvalue weighted by Crippen LogP contribution is 2.52. The largest absolute Gasteiger partial charge is 0.391 e. The summed E-state index contributed by atoms with van der Waals surface area (Å²) >= 11 is 5.72. The first kappa shape index (κ1) is 16.0. The molecular formula is C16H23ClFN3O. The standard InChI is InChI=1S/C16H23ClFN3O/c1-9(2)14-16(8-21(14)3)5-12(13(22)6-16)20-15-11(18)4-10(17)7-19-15/h4,7,9,12-14,22H,5-6,8H2,1-3H3,(H,19,20)/t12-,13-,14?,16?/m1/s1. The lowest BCUT2D eigenvalue weighted by molar-refractivity contribution is -0.0825. The molecular weight excluding hydrogens is 305 g/mol. The monoisotopic (exact) mass is 327 g/mol. The van der Waals surface area contributed by atoms with Crippen LogP contribution in [0, 0.1) is 17.2 Å². The fourth-order valence-electron chi connectivity index (χ4n) is 4.69. The van der Waals surface area contributed by atoms with E-state index in [1.165, 1.54) is 12.3 Å². The summed E-state index contributed by atoms with van der Waals surface area (Å²) in [4.78, 5) is 6.34. The summed E-state index contributed by atoms with van der Waals surface area (Å²) in [6.07, 6.45) is 2.53. The molecule has 2 aliphatic rings. The molecule has 22 heavy (non-hydrogen) atoms. The highest BCUT2D eigenvalue weighted by atomic mass is 35.5. The lowest BCUT2D eigenvalue weighted by atomic mass is 9.66. The third-order valence-corrected chi connectivity index (χ3v) is 5.34. The molecule has 0 bridgehead atoms. The molecule has 1 aliphatic heterocycles. The minimum Gasteiger partial charge on any atom is -0.391 e. The third-order valence-electron chi connectivity index (χ3n) is 5.13. The summed E-state index contributed by atoms with van der Waals surface area (Å²) in [5.74, 6) is 0.223. The van der Waals surface area contributed by atoms with Gasteiger partial charge < -0.3 is 15.3 Å². The number of rotatable bonds is 3. The van der Waals surface area contributed by atoms with Crippen LogP contribution < -0.4 is 5.32 Å². The van der Waals surface area contributed by atoms with Crippen molar-refractivity contribution >= 4 is 17.4 Å². The molecule has 1 aromatic rings. The maximum Gasteiger partial charge on any atom is 0.166 e. The number of nitrogens with one attached hydrogen (secondary N) is 1. The van der Waals surface area contributed by atoms with Crippen LogP contribution in [0.15, 0.2) is 12.3 Å². The molecule has 2 unspecified atom stereocenters. The van der Waals surface area contributed by atoms with Crippen LogP contribution in [-0.2, 0) is 0 Å². The number of hydrogen-bond donors (Lipinski definition) is 2. The Labute approximate surface area is 135 Å². The minimum atomic E-state index is -0.480. The van der Waals surface area contributed by atoms with Crippen LogP contribution in [0.1, 0.15) is 26.7 Å². The maximum absolute atomic E-state index is 13.9. The van der Waals surface area contributed by atoms with Crippen molar-refractivity contribution in [1.82, 2.24) is 9.88 Å². The highest BCUT2D eigenvalue weighted by Gasteiger charge is 2.58. The van der Waals surface area contributed by atoms with Gasteiger partial charge in [0.2, 0.25) is 0 Å². The van der Waals surface area contributed by atoms with Crippen LogP contribution in [0.2, 0.25) is 5.02 Å². The number of nitrogens with zero attached hydrogens (tertiary/aromatic N) is 2. The first-order chi connectivity index (χ1) is 10.3. The van der Waals surface area contributed by atoms with Crippen molar-refractivity contribution in [2.24, 2.45) is 11.3 Å². The van der Waals surface area contributed by atoms with E-state index in [1.807, 2.05) is 0 Å². The van der Waals surface area contributed by atoms with E-state index in [0.717, 1.165) is 19.4 Å². The van der Waals surface area contributed by atoms with Crippen molar-refractivity contribution < 1.29 is 9.50 Å². The van der Waals surface area contributed by atoms with Crippen LogP contribution in [-0.4, -0.2) is 46.8 Å². The lowest BCUT2D eigenvalue weighted by Gasteiger charge is -2.57. The number of halogens is 2. The molecule has 4 nitrogen and oxygen atoms in total. The van der Waals surface area contributed by atoms with Gasteiger partial charge in [-0.1, -0.05) is 25.4 Å². The summed E-state index contributed by atoms with van der Waals surface area (Å²) in [5.41, 5.74) is 0.128. The molecule has 0 amide bonds. The first-order valence-electron chi connectivity index (χ1n) is 7.78. The fourth-order valence-corrected chi connectivity index (χ4v) is 4.83. The Morgan fingerprint density at radius 3 is 2.82 bits per heavy atom. The number of hydrogen-bond acceptors (Lipinski definition) is 4. The molecule has 2 N–H and O–H groups in total. The van der Waals surface area contributed by atoms with E-state index in [1.54, 1.807) is 0 Å². The number of likely N-dealkylation sites (tertiary alicyclic amines) is 1. The van der Waals surface area contributed by atoms with Crippen molar-refractivity contribution in [2.45, 2.75) is 44.9 Å². The second-order valence-electron chi connectivity index (χ2n) is 7.18. The maximum atomic E-state index is 13.9. The van der Waals surface area contributed by atoms with Crippen LogP contribution in [0.4, 0.5) is 10.2 Å². The van der Waals surface area contributed by atoms with Crippen LogP contribution >= 0.6 is 11.6 Å². The van der Waals surface area contributed by atoms with E-state index in [0.29, 0.717) is 12.0 Å². The second-order valence-corrected chi connectivity index (χ2v) is 7.61. The van der Waals surface area contributed by atoms with Gasteiger partial charge in [0.1, 0.15) is 0 Å². The van der Waals surface area contributed by atoms with Gasteiger partial charge >= 0.3 is 0 Å². The van der Waals surface area contributed by atoms with Gasteiger partial charge in [-0.2, -0.15) is 0 Å². The second kappa shape index (κ2) is 5.62. The number of pyridine rings is 1. The Morgan fingerprint density at radius 2 is 2.23 bits per heavy atom. The average molecular weight is 328 g/mol. The molecule has 1 saturated heterocycles. The zero-order valence-corrected chi connectivity index (χ0v) is 13.9. The van der Waals surface area contributed by atoms with E-state index < -0.39 is 11.9 Å². The number of aromatic nitrogens is 1. The molecule has 0 radical (unpaired) electrons. The summed E-state index contributed by atoms with van der Waals surface area (Å²) in [5, 5.41) is 13.8. The molecule has 3 rings (SSSR count). The summed E-state index contributed by atoms with van der Waals surface area (Å²) in [6.45, 7) is 5.42. The van der Waals surface area contributed by atoms with Crippen LogP contribution in [0.5, 0.6) is 0 Å². The number of aliphatic hydroxyl groups excluding tert-OH is 1. The average Bonchev–Trinajstić information content (AvgIpc) is 2.70. The third kappa shape index (κ3) is 2.59. The Kier molecular flexibility index (Phi) is 4.08. The predicted molar refractivity (Wildman–Crippen MR) is 85.5 cm³/mol. The van der Waals surface area contributed by atoms with E-state index in [2.05, 4.69) is 36.1 Å². The molecule has 4 atom stereocenters. The van der Waals surface area contributed by atoms with Gasteiger partial charge in [-0.05, 0) is 31.9 Å². The predicted octanol–water partition coefficient (Wildman–Crippen LogP) is 2.77. The molecule has 2 heterocycles. The molecule has 122 valence electrons. The van der Waals surface area contributed by atoms with Gasteiger partial charge in [0, 0.05) is 24.2 Å². The highest BCUT2D eigenvalue weighted by molar-refractivity contribution is 6.30. The summed E-state index contributed by atoms with van der Waals surface area (Å²) in [7, 11) is 2.13. The topological polar surface area (TPSA) is 48.4 Å². The smallest absolute Gasteiger partial charge is 0.166 e. The molecule has 6 heteroatoms. The lowest BCUT2D eigenvalue weighted by Crippen LogP contribution is -2.64. The summed E-state index contributed by atoms with van der Waals surface area (Å²) < 4.78 is 13.9. The molecule has 1 saturated carbocycles. The number of aliphatic hydroxyl groups is 1.